The molecular formula is C20H12F3N5O. The zero-order valence-corrected chi connectivity index (χ0v) is 14.7. The fourth-order valence-corrected chi connectivity index (χ4v) is 2.72. The van der Waals surface area contributed by atoms with Crippen molar-refractivity contribution in [1.29, 1.82) is 5.26 Å². The number of anilines is 2. The SMILES string of the molecule is N#Cc1cc(Oc2cncc(C(F)(F)F)c2)cc(Nc2ccc3cc[nH]c3c2)n1. The van der Waals surface area contributed by atoms with Gasteiger partial charge in [-0.05, 0) is 29.7 Å². The van der Waals surface area contributed by atoms with E-state index in [4.69, 9.17) is 4.74 Å². The van der Waals surface area contributed by atoms with Gasteiger partial charge >= 0.3 is 6.18 Å². The first-order chi connectivity index (χ1) is 13.9. The van der Waals surface area contributed by atoms with Gasteiger partial charge in [-0.2, -0.15) is 18.4 Å². The van der Waals surface area contributed by atoms with Gasteiger partial charge in [0.1, 0.15) is 29.1 Å². The molecule has 0 aliphatic rings. The number of nitriles is 1. The zero-order chi connectivity index (χ0) is 20.4. The smallest absolute Gasteiger partial charge is 0.418 e. The summed E-state index contributed by atoms with van der Waals surface area (Å²) >= 11 is 0. The number of fused-ring (bicyclic) bond motifs is 1. The number of halogens is 3. The fraction of sp³-hybridized carbons (Fsp3) is 0.0500. The molecule has 0 saturated carbocycles. The summed E-state index contributed by atoms with van der Waals surface area (Å²) in [5.74, 6) is 0.361. The number of nitrogens with one attached hydrogen (secondary N) is 2. The Morgan fingerprint density at radius 1 is 1.03 bits per heavy atom. The number of hydrogen-bond donors (Lipinski definition) is 2. The molecule has 29 heavy (non-hydrogen) atoms. The highest BCUT2D eigenvalue weighted by molar-refractivity contribution is 5.83. The highest BCUT2D eigenvalue weighted by Gasteiger charge is 2.31. The van der Waals surface area contributed by atoms with Gasteiger partial charge in [0.2, 0.25) is 0 Å². The van der Waals surface area contributed by atoms with Gasteiger partial charge in [0.05, 0.1) is 11.8 Å². The quantitative estimate of drug-likeness (QED) is 0.484. The summed E-state index contributed by atoms with van der Waals surface area (Å²) in [6.45, 7) is 0. The molecule has 3 heterocycles. The van der Waals surface area contributed by atoms with Crippen LogP contribution in [0.3, 0.4) is 0 Å². The molecule has 3 aromatic heterocycles. The molecule has 6 nitrogen and oxygen atoms in total. The summed E-state index contributed by atoms with van der Waals surface area (Å²) in [6.07, 6.45) is -0.846. The van der Waals surface area contributed by atoms with Crippen LogP contribution in [0.25, 0.3) is 10.9 Å². The second-order valence-electron chi connectivity index (χ2n) is 6.10. The second-order valence-corrected chi connectivity index (χ2v) is 6.10. The van der Waals surface area contributed by atoms with Crippen LogP contribution in [0.2, 0.25) is 0 Å². The summed E-state index contributed by atoms with van der Waals surface area (Å²) in [5.41, 5.74) is 0.750. The number of ether oxygens (including phenoxy) is 1. The summed E-state index contributed by atoms with van der Waals surface area (Å²) in [5, 5.41) is 13.3. The average Bonchev–Trinajstić information content (AvgIpc) is 3.15. The highest BCUT2D eigenvalue weighted by Crippen LogP contribution is 2.32. The Labute approximate surface area is 162 Å². The van der Waals surface area contributed by atoms with E-state index in [0.29, 0.717) is 17.7 Å². The maximum atomic E-state index is 12.9. The van der Waals surface area contributed by atoms with Gasteiger partial charge < -0.3 is 15.0 Å². The average molecular weight is 395 g/mol. The molecule has 0 unspecified atom stereocenters. The molecule has 0 aliphatic carbocycles. The van der Waals surface area contributed by atoms with Gasteiger partial charge in [0.25, 0.3) is 0 Å². The molecule has 0 saturated heterocycles. The molecule has 0 amide bonds. The lowest BCUT2D eigenvalue weighted by molar-refractivity contribution is -0.137. The van der Waals surface area contributed by atoms with Gasteiger partial charge in [-0.1, -0.05) is 6.07 Å². The van der Waals surface area contributed by atoms with Gasteiger partial charge in [-0.15, -0.1) is 0 Å². The van der Waals surface area contributed by atoms with E-state index in [-0.39, 0.29) is 17.2 Å². The van der Waals surface area contributed by atoms with Crippen LogP contribution in [0.15, 0.2) is 61.1 Å². The first kappa shape index (κ1) is 18.3. The number of pyridine rings is 2. The number of nitrogens with zero attached hydrogens (tertiary/aromatic N) is 3. The zero-order valence-electron chi connectivity index (χ0n) is 14.7. The van der Waals surface area contributed by atoms with Crippen molar-refractivity contribution in [3.63, 3.8) is 0 Å². The van der Waals surface area contributed by atoms with Crippen LogP contribution in [0.4, 0.5) is 24.7 Å². The minimum Gasteiger partial charge on any atom is -0.455 e. The predicted molar refractivity (Wildman–Crippen MR) is 99.8 cm³/mol. The van der Waals surface area contributed by atoms with Crippen molar-refractivity contribution >= 4 is 22.4 Å². The van der Waals surface area contributed by atoms with E-state index in [1.165, 1.54) is 12.1 Å². The summed E-state index contributed by atoms with van der Waals surface area (Å²) in [7, 11) is 0. The molecule has 4 aromatic rings. The topological polar surface area (TPSA) is 86.6 Å². The number of rotatable bonds is 4. The van der Waals surface area contributed by atoms with Gasteiger partial charge in [-0.3, -0.25) is 4.98 Å². The van der Waals surface area contributed by atoms with E-state index in [0.717, 1.165) is 23.2 Å². The molecule has 1 aromatic carbocycles. The number of H-pyrrole nitrogens is 1. The van der Waals surface area contributed by atoms with E-state index in [1.807, 2.05) is 36.5 Å². The predicted octanol–water partition coefficient (Wildman–Crippen LogP) is 5.38. The lowest BCUT2D eigenvalue weighted by Gasteiger charge is -2.11. The van der Waals surface area contributed by atoms with Crippen LogP contribution in [0.1, 0.15) is 11.3 Å². The van der Waals surface area contributed by atoms with E-state index in [1.54, 1.807) is 0 Å². The van der Waals surface area contributed by atoms with Crippen molar-refractivity contribution in [3.8, 4) is 17.6 Å². The lowest BCUT2D eigenvalue weighted by Crippen LogP contribution is -2.05. The van der Waals surface area contributed by atoms with Crippen LogP contribution >= 0.6 is 0 Å². The van der Waals surface area contributed by atoms with Crippen molar-refractivity contribution in [1.82, 2.24) is 15.0 Å². The van der Waals surface area contributed by atoms with E-state index < -0.39 is 11.7 Å². The van der Waals surface area contributed by atoms with Gasteiger partial charge in [0.15, 0.2) is 0 Å². The maximum absolute atomic E-state index is 12.9. The van der Waals surface area contributed by atoms with Crippen molar-refractivity contribution in [2.24, 2.45) is 0 Å². The van der Waals surface area contributed by atoms with Crippen LogP contribution < -0.4 is 10.1 Å². The highest BCUT2D eigenvalue weighted by atomic mass is 19.4. The van der Waals surface area contributed by atoms with Crippen LogP contribution in [0.5, 0.6) is 11.5 Å². The number of aromatic amines is 1. The summed E-state index contributed by atoms with van der Waals surface area (Å²) in [6, 6.07) is 13.1. The number of hydrogen-bond acceptors (Lipinski definition) is 5. The molecule has 4 rings (SSSR count). The molecule has 0 aliphatic heterocycles. The molecule has 0 radical (unpaired) electrons. The molecule has 2 N–H and O–H groups in total. The Hall–Kier alpha value is -4.06. The number of aromatic nitrogens is 3. The van der Waals surface area contributed by atoms with Crippen LogP contribution in [-0.4, -0.2) is 15.0 Å². The maximum Gasteiger partial charge on any atom is 0.418 e. The molecule has 0 fully saturated rings. The molecule has 0 spiro atoms. The number of benzene rings is 1. The van der Waals surface area contributed by atoms with E-state index in [9.17, 15) is 18.4 Å². The number of alkyl halides is 3. The Balaban J connectivity index is 1.62. The van der Waals surface area contributed by atoms with Crippen LogP contribution in [-0.2, 0) is 6.18 Å². The summed E-state index contributed by atoms with van der Waals surface area (Å²) in [4.78, 5) is 10.8. The lowest BCUT2D eigenvalue weighted by atomic mass is 10.2. The first-order valence-corrected chi connectivity index (χ1v) is 8.37. The minimum absolute atomic E-state index is 0.0471. The third kappa shape index (κ3) is 4.11. The standard InChI is InChI=1S/C20H12F3N5O/c21-20(22,23)13-5-17(11-25-10-13)29-16-6-15(9-24)28-19(8-16)27-14-2-1-12-3-4-26-18(12)7-14/h1-8,10-11,26H,(H,27,28). The largest absolute Gasteiger partial charge is 0.455 e. The minimum atomic E-state index is -4.54. The fourth-order valence-electron chi connectivity index (χ4n) is 2.72. The van der Waals surface area contributed by atoms with Crippen molar-refractivity contribution < 1.29 is 17.9 Å². The molecular weight excluding hydrogens is 383 g/mol. The Morgan fingerprint density at radius 2 is 1.90 bits per heavy atom. The third-order valence-corrected chi connectivity index (χ3v) is 4.02. The van der Waals surface area contributed by atoms with Crippen molar-refractivity contribution in [2.45, 2.75) is 6.18 Å². The van der Waals surface area contributed by atoms with Crippen molar-refractivity contribution in [2.75, 3.05) is 5.32 Å². The van der Waals surface area contributed by atoms with Crippen LogP contribution in [0, 0.1) is 11.3 Å². The second kappa shape index (κ2) is 7.16. The molecule has 9 heteroatoms. The van der Waals surface area contributed by atoms with Gasteiger partial charge in [-0.25, -0.2) is 4.98 Å². The monoisotopic (exact) mass is 395 g/mol. The van der Waals surface area contributed by atoms with E-state index >= 15 is 0 Å². The normalized spacial score (nSPS) is 11.2. The Morgan fingerprint density at radius 3 is 2.69 bits per heavy atom. The first-order valence-electron chi connectivity index (χ1n) is 8.37. The Bertz CT molecular complexity index is 1230. The Kier molecular flexibility index (Phi) is 4.52. The summed E-state index contributed by atoms with van der Waals surface area (Å²) < 4.78 is 44.1. The van der Waals surface area contributed by atoms with Crippen molar-refractivity contribution in [3.05, 3.63) is 72.3 Å². The molecule has 0 atom stereocenters. The molecule has 0 bridgehead atoms. The van der Waals surface area contributed by atoms with E-state index in [2.05, 4.69) is 20.3 Å². The molecule has 144 valence electrons. The van der Waals surface area contributed by atoms with Gasteiger partial charge in [0, 0.05) is 35.7 Å². The third-order valence-electron chi connectivity index (χ3n) is 4.02.